The predicted octanol–water partition coefficient (Wildman–Crippen LogP) is 2.72. The Morgan fingerprint density at radius 3 is 2.31 bits per heavy atom. The van der Waals surface area contributed by atoms with E-state index < -0.39 is 39.5 Å². The number of anilines is 1. The number of aromatic amines is 1. The van der Waals surface area contributed by atoms with Crippen LogP contribution in [0.15, 0.2) is 70.6 Å². The van der Waals surface area contributed by atoms with E-state index in [0.717, 1.165) is 16.3 Å². The first-order valence-electron chi connectivity index (χ1n) is 14.5. The van der Waals surface area contributed by atoms with Gasteiger partial charge in [0.25, 0.3) is 5.56 Å². The van der Waals surface area contributed by atoms with E-state index in [1.54, 1.807) is 24.3 Å². The Kier molecular flexibility index (Phi) is 11.2. The molecule has 15 nitrogen and oxygen atoms in total. The number of fused-ring (bicyclic) bond motifs is 1. The number of nitrogens with one attached hydrogen (secondary N) is 1. The van der Waals surface area contributed by atoms with Crippen LogP contribution in [0.1, 0.15) is 25.1 Å². The Morgan fingerprint density at radius 1 is 1.06 bits per heavy atom. The molecule has 7 N–H and O–H groups in total. The number of carbonyl (C=O) groups excluding carboxylic acids is 1. The highest BCUT2D eigenvalue weighted by atomic mass is 32.2. The standard InChI is InChI=1S/C17H14F3N3O2S.C13H20N6O4/c1-11-2-4-12(5-3-11)15-10-16(17(18,19)20)22-23(15)13-6-8-14(9-7-13)26(21,24)25;1-7(2)8(14)12(21)23-4-3-22-6-19-5-16-9-10(19)17-13(15)18-11(9)20/h2-10H,1H3,(H2,21,24,25);5,7-8H,3-4,6,14H2,1-2H3,(H3,15,17,18,20)/t;8-/m.0/s1. The number of sulfonamides is 1. The molecule has 0 bridgehead atoms. The van der Waals surface area contributed by atoms with Crippen molar-refractivity contribution < 1.29 is 35.9 Å². The van der Waals surface area contributed by atoms with Gasteiger partial charge in [-0.2, -0.15) is 23.3 Å². The minimum absolute atomic E-state index is 0.000790. The molecule has 5 rings (SSSR count). The number of carbonyl (C=O) groups is 1. The molecule has 262 valence electrons. The van der Waals surface area contributed by atoms with E-state index >= 15 is 0 Å². The number of nitrogen functional groups attached to an aromatic ring is 1. The highest BCUT2D eigenvalue weighted by Gasteiger charge is 2.35. The number of alkyl halides is 3. The first-order valence-corrected chi connectivity index (χ1v) is 16.1. The fraction of sp³-hybridized carbons (Fsp3) is 0.300. The number of benzene rings is 2. The molecular formula is C30H34F3N9O6S. The zero-order valence-corrected chi connectivity index (χ0v) is 27.3. The van der Waals surface area contributed by atoms with E-state index in [1.807, 2.05) is 20.8 Å². The molecule has 0 saturated heterocycles. The number of hydrogen-bond acceptors (Lipinski definition) is 11. The zero-order valence-electron chi connectivity index (χ0n) is 26.5. The van der Waals surface area contributed by atoms with Gasteiger partial charge in [0.1, 0.15) is 19.4 Å². The zero-order chi connectivity index (χ0) is 36.1. The number of imidazole rings is 1. The van der Waals surface area contributed by atoms with Crippen LogP contribution in [0.5, 0.6) is 0 Å². The number of halogens is 3. The number of primary sulfonamides is 1. The molecule has 2 aromatic carbocycles. The summed E-state index contributed by atoms with van der Waals surface area (Å²) in [6, 6.07) is 12.4. The summed E-state index contributed by atoms with van der Waals surface area (Å²) in [5.41, 5.74) is 12.2. The molecule has 3 heterocycles. The molecule has 0 saturated carbocycles. The molecule has 0 unspecified atom stereocenters. The monoisotopic (exact) mass is 705 g/mol. The molecule has 0 aliphatic carbocycles. The summed E-state index contributed by atoms with van der Waals surface area (Å²) in [7, 11) is -3.90. The Hall–Kier alpha value is -5.11. The van der Waals surface area contributed by atoms with E-state index in [9.17, 15) is 31.2 Å². The average Bonchev–Trinajstić information content (AvgIpc) is 3.66. The molecule has 0 amide bonds. The van der Waals surface area contributed by atoms with Crippen LogP contribution in [0, 0.1) is 12.8 Å². The Bertz CT molecular complexity index is 2080. The van der Waals surface area contributed by atoms with Crippen molar-refractivity contribution in [2.75, 3.05) is 18.9 Å². The lowest BCUT2D eigenvalue weighted by Crippen LogP contribution is -2.37. The molecule has 3 aromatic heterocycles. The van der Waals surface area contributed by atoms with E-state index in [-0.39, 0.29) is 53.6 Å². The molecule has 0 spiro atoms. The molecule has 0 aliphatic heterocycles. The van der Waals surface area contributed by atoms with Crippen LogP contribution in [0.3, 0.4) is 0 Å². The average molecular weight is 706 g/mol. The number of esters is 1. The molecule has 0 aliphatic rings. The van der Waals surface area contributed by atoms with Crippen molar-refractivity contribution in [1.82, 2.24) is 29.3 Å². The molecule has 1 atom stereocenters. The van der Waals surface area contributed by atoms with E-state index in [4.69, 9.17) is 26.1 Å². The van der Waals surface area contributed by atoms with Crippen LogP contribution in [0.25, 0.3) is 28.1 Å². The van der Waals surface area contributed by atoms with Crippen molar-refractivity contribution >= 4 is 33.1 Å². The van der Waals surface area contributed by atoms with E-state index in [1.165, 1.54) is 35.2 Å². The second-order valence-corrected chi connectivity index (χ2v) is 12.6. The van der Waals surface area contributed by atoms with Crippen molar-refractivity contribution in [3.63, 3.8) is 0 Å². The normalized spacial score (nSPS) is 12.5. The third kappa shape index (κ3) is 9.28. The number of nitrogens with zero attached hydrogens (tertiary/aromatic N) is 5. The number of aryl methyl sites for hydroxylation is 1. The molecule has 0 radical (unpaired) electrons. The summed E-state index contributed by atoms with van der Waals surface area (Å²) < 4.78 is 75.1. The number of aromatic nitrogens is 6. The van der Waals surface area contributed by atoms with E-state index in [2.05, 4.69) is 20.1 Å². The fourth-order valence-corrected chi connectivity index (χ4v) is 4.74. The van der Waals surface area contributed by atoms with Crippen LogP contribution >= 0.6 is 0 Å². The number of nitrogens with two attached hydrogens (primary N) is 3. The lowest BCUT2D eigenvalue weighted by Gasteiger charge is -2.14. The second-order valence-electron chi connectivity index (χ2n) is 11.0. The van der Waals surface area contributed by atoms with Crippen LogP contribution in [0.4, 0.5) is 19.1 Å². The van der Waals surface area contributed by atoms with Crippen LogP contribution in [-0.2, 0) is 37.2 Å². The maximum Gasteiger partial charge on any atom is 0.435 e. The first kappa shape index (κ1) is 36.7. The van der Waals surface area contributed by atoms with Crippen molar-refractivity contribution in [3.8, 4) is 16.9 Å². The third-order valence-corrected chi connectivity index (χ3v) is 7.87. The van der Waals surface area contributed by atoms with Crippen molar-refractivity contribution in [3.05, 3.63) is 82.5 Å². The topological polar surface area (TPSA) is 229 Å². The summed E-state index contributed by atoms with van der Waals surface area (Å²) in [5.74, 6) is -0.450. The van der Waals surface area contributed by atoms with Gasteiger partial charge < -0.3 is 20.9 Å². The summed E-state index contributed by atoms with van der Waals surface area (Å²) in [6.45, 7) is 5.91. The van der Waals surface area contributed by atoms with Gasteiger partial charge in [-0.1, -0.05) is 43.7 Å². The molecule has 5 aromatic rings. The van der Waals surface area contributed by atoms with Crippen molar-refractivity contribution in [2.24, 2.45) is 16.8 Å². The largest absolute Gasteiger partial charge is 0.462 e. The number of rotatable bonds is 10. The number of H-pyrrole nitrogens is 1. The first-order chi connectivity index (χ1) is 23.0. The van der Waals surface area contributed by atoms with Crippen LogP contribution < -0.4 is 22.2 Å². The van der Waals surface area contributed by atoms with E-state index in [0.29, 0.717) is 11.2 Å². The predicted molar refractivity (Wildman–Crippen MR) is 172 cm³/mol. The van der Waals surface area contributed by atoms with Gasteiger partial charge in [0.2, 0.25) is 16.0 Å². The Morgan fingerprint density at radius 2 is 1.71 bits per heavy atom. The minimum Gasteiger partial charge on any atom is -0.462 e. The molecule has 0 fully saturated rings. The quantitative estimate of drug-likeness (QED) is 0.122. The molecular weight excluding hydrogens is 671 g/mol. The smallest absolute Gasteiger partial charge is 0.435 e. The van der Waals surface area contributed by atoms with Gasteiger partial charge in [0.05, 0.1) is 29.2 Å². The van der Waals surface area contributed by atoms with Crippen molar-refractivity contribution in [2.45, 2.75) is 44.6 Å². The van der Waals surface area contributed by atoms with Gasteiger partial charge in [-0.15, -0.1) is 0 Å². The number of hydrogen-bond donors (Lipinski definition) is 4. The van der Waals surface area contributed by atoms with Crippen LogP contribution in [-0.4, -0.2) is 62.9 Å². The van der Waals surface area contributed by atoms with Gasteiger partial charge in [-0.3, -0.25) is 19.1 Å². The highest BCUT2D eigenvalue weighted by molar-refractivity contribution is 7.89. The summed E-state index contributed by atoms with van der Waals surface area (Å²) >= 11 is 0. The van der Waals surface area contributed by atoms with Crippen molar-refractivity contribution in [1.29, 1.82) is 0 Å². The summed E-state index contributed by atoms with van der Waals surface area (Å²) in [5, 5.41) is 8.70. The highest BCUT2D eigenvalue weighted by Crippen LogP contribution is 2.33. The maximum absolute atomic E-state index is 13.1. The Balaban J connectivity index is 0.000000223. The van der Waals surface area contributed by atoms with Gasteiger partial charge >= 0.3 is 12.1 Å². The molecule has 19 heteroatoms. The lowest BCUT2D eigenvalue weighted by molar-refractivity contribution is -0.148. The molecule has 49 heavy (non-hydrogen) atoms. The van der Waals surface area contributed by atoms with Gasteiger partial charge in [0, 0.05) is 5.56 Å². The SMILES string of the molecule is CC(C)[C@H](N)C(=O)OCCOCn1cnc2c(=O)[nH]c(N)nc21.Cc1ccc(-c2cc(C(F)(F)F)nn2-c2ccc(S(N)(=O)=O)cc2)cc1. The fourth-order valence-electron chi connectivity index (χ4n) is 4.22. The second kappa shape index (κ2) is 15.0. The van der Waals surface area contributed by atoms with Gasteiger partial charge in [-0.25, -0.2) is 23.2 Å². The number of ether oxygens (including phenoxy) is 2. The van der Waals surface area contributed by atoms with Crippen LogP contribution in [0.2, 0.25) is 0 Å². The Labute approximate surface area is 277 Å². The maximum atomic E-state index is 13.1. The van der Waals surface area contributed by atoms with Gasteiger partial charge in [0.15, 0.2) is 16.9 Å². The van der Waals surface area contributed by atoms with Gasteiger partial charge in [-0.05, 0) is 43.2 Å². The minimum atomic E-state index is -4.61. The third-order valence-electron chi connectivity index (χ3n) is 6.94. The lowest BCUT2D eigenvalue weighted by atomic mass is 10.1. The summed E-state index contributed by atoms with van der Waals surface area (Å²) in [6.07, 6.45) is -3.18. The summed E-state index contributed by atoms with van der Waals surface area (Å²) in [4.78, 5) is 33.3.